The van der Waals surface area contributed by atoms with E-state index in [0.717, 1.165) is 38.5 Å². The molecule has 0 unspecified atom stereocenters. The quantitative estimate of drug-likeness (QED) is 0.762. The monoisotopic (exact) mass is 255 g/mol. The summed E-state index contributed by atoms with van der Waals surface area (Å²) >= 11 is 0. The molecule has 2 fully saturated rings. The van der Waals surface area contributed by atoms with Crippen LogP contribution < -0.4 is 5.73 Å². The van der Waals surface area contributed by atoms with Gasteiger partial charge in [0.25, 0.3) is 0 Å². The third kappa shape index (κ3) is 2.59. The molecule has 0 aromatic rings. The average Bonchev–Trinajstić information content (AvgIpc) is 2.66. The van der Waals surface area contributed by atoms with Crippen LogP contribution in [0.4, 0.5) is 0 Å². The molecule has 2 saturated carbocycles. The Bertz CT molecular complexity index is 251. The number of rotatable bonds is 3. The molecule has 0 aromatic carbocycles. The van der Waals surface area contributed by atoms with Crippen molar-refractivity contribution in [1.29, 1.82) is 0 Å². The topological polar surface area (TPSA) is 55.5 Å². The Morgan fingerprint density at radius 1 is 1.06 bits per heavy atom. The Morgan fingerprint density at radius 2 is 1.61 bits per heavy atom. The number of hydrogen-bond donors (Lipinski definition) is 2. The van der Waals surface area contributed by atoms with E-state index in [-0.39, 0.29) is 5.41 Å². The van der Waals surface area contributed by atoms with Gasteiger partial charge in [0.15, 0.2) is 0 Å². The van der Waals surface area contributed by atoms with Crippen LogP contribution in [0.25, 0.3) is 0 Å². The summed E-state index contributed by atoms with van der Waals surface area (Å²) in [6.07, 6.45) is 11.3. The normalized spacial score (nSPS) is 37.2. The standard InChI is InChI=1S/C15H29NO2/c1-18-13-6-10-15(17,11-7-13)14(12-16)8-4-2-3-5-9-14/h13,17H,2-12,16H2,1H3. The molecule has 0 radical (unpaired) electrons. The van der Waals surface area contributed by atoms with Gasteiger partial charge in [-0.05, 0) is 38.5 Å². The Hall–Kier alpha value is -0.120. The van der Waals surface area contributed by atoms with Gasteiger partial charge in [-0.2, -0.15) is 0 Å². The lowest BCUT2D eigenvalue weighted by molar-refractivity contribution is -0.132. The Morgan fingerprint density at radius 3 is 2.06 bits per heavy atom. The maximum atomic E-state index is 11.1. The Balaban J connectivity index is 2.10. The van der Waals surface area contributed by atoms with Crippen molar-refractivity contribution in [2.45, 2.75) is 75.9 Å². The zero-order valence-electron chi connectivity index (χ0n) is 11.8. The van der Waals surface area contributed by atoms with E-state index in [2.05, 4.69) is 0 Å². The maximum Gasteiger partial charge on any atom is 0.0717 e. The minimum absolute atomic E-state index is 0.0256. The fourth-order valence-electron chi connectivity index (χ4n) is 4.10. The molecule has 106 valence electrons. The van der Waals surface area contributed by atoms with Gasteiger partial charge >= 0.3 is 0 Å². The van der Waals surface area contributed by atoms with Gasteiger partial charge in [-0.15, -0.1) is 0 Å². The summed E-state index contributed by atoms with van der Waals surface area (Å²) in [5, 5.41) is 11.1. The van der Waals surface area contributed by atoms with Crippen molar-refractivity contribution in [3.8, 4) is 0 Å². The first-order chi connectivity index (χ1) is 8.66. The molecule has 3 heteroatoms. The van der Waals surface area contributed by atoms with Crippen molar-refractivity contribution >= 4 is 0 Å². The van der Waals surface area contributed by atoms with Crippen LogP contribution in [0.5, 0.6) is 0 Å². The molecule has 0 bridgehead atoms. The molecular formula is C15H29NO2. The van der Waals surface area contributed by atoms with Gasteiger partial charge in [0.05, 0.1) is 11.7 Å². The first-order valence-electron chi connectivity index (χ1n) is 7.61. The molecule has 2 aliphatic rings. The number of ether oxygens (including phenoxy) is 1. The van der Waals surface area contributed by atoms with Gasteiger partial charge in [0.1, 0.15) is 0 Å². The second-order valence-corrected chi connectivity index (χ2v) is 6.37. The van der Waals surface area contributed by atoms with Crippen LogP contribution in [-0.2, 0) is 4.74 Å². The van der Waals surface area contributed by atoms with E-state index in [1.165, 1.54) is 25.7 Å². The highest BCUT2D eigenvalue weighted by molar-refractivity contribution is 5.02. The molecule has 0 aliphatic heterocycles. The number of hydrogen-bond acceptors (Lipinski definition) is 3. The zero-order chi connectivity index (χ0) is 13.1. The summed E-state index contributed by atoms with van der Waals surface area (Å²) in [5.41, 5.74) is 5.53. The van der Waals surface area contributed by atoms with Crippen molar-refractivity contribution < 1.29 is 9.84 Å². The van der Waals surface area contributed by atoms with Crippen molar-refractivity contribution in [2.75, 3.05) is 13.7 Å². The molecule has 2 rings (SSSR count). The summed E-state index contributed by atoms with van der Waals surface area (Å²) in [6, 6.07) is 0. The van der Waals surface area contributed by atoms with Gasteiger partial charge < -0.3 is 15.6 Å². The minimum Gasteiger partial charge on any atom is -0.389 e. The molecule has 2 aliphatic carbocycles. The highest BCUT2D eigenvalue weighted by atomic mass is 16.5. The van der Waals surface area contributed by atoms with E-state index < -0.39 is 5.60 Å². The van der Waals surface area contributed by atoms with Crippen LogP contribution in [-0.4, -0.2) is 30.5 Å². The molecule has 18 heavy (non-hydrogen) atoms. The van der Waals surface area contributed by atoms with E-state index in [9.17, 15) is 5.11 Å². The van der Waals surface area contributed by atoms with Crippen LogP contribution >= 0.6 is 0 Å². The predicted octanol–water partition coefficient (Wildman–Crippen LogP) is 2.61. The van der Waals surface area contributed by atoms with Gasteiger partial charge in [-0.3, -0.25) is 0 Å². The van der Waals surface area contributed by atoms with E-state index >= 15 is 0 Å². The first kappa shape index (κ1) is 14.3. The van der Waals surface area contributed by atoms with E-state index in [0.29, 0.717) is 12.6 Å². The van der Waals surface area contributed by atoms with Crippen molar-refractivity contribution in [1.82, 2.24) is 0 Å². The molecule has 0 spiro atoms. The lowest BCUT2D eigenvalue weighted by Crippen LogP contribution is -2.54. The van der Waals surface area contributed by atoms with Crippen LogP contribution in [0.15, 0.2) is 0 Å². The summed E-state index contributed by atoms with van der Waals surface area (Å²) < 4.78 is 5.42. The van der Waals surface area contributed by atoms with Crippen LogP contribution in [0.2, 0.25) is 0 Å². The summed E-state index contributed by atoms with van der Waals surface area (Å²) in [7, 11) is 1.78. The lowest BCUT2D eigenvalue weighted by atomic mass is 9.61. The lowest BCUT2D eigenvalue weighted by Gasteiger charge is -2.50. The molecule has 0 aromatic heterocycles. The zero-order valence-corrected chi connectivity index (χ0v) is 11.8. The van der Waals surface area contributed by atoms with Crippen molar-refractivity contribution in [2.24, 2.45) is 11.1 Å². The average molecular weight is 255 g/mol. The minimum atomic E-state index is -0.541. The van der Waals surface area contributed by atoms with Gasteiger partial charge in [0.2, 0.25) is 0 Å². The smallest absolute Gasteiger partial charge is 0.0717 e. The van der Waals surface area contributed by atoms with Crippen LogP contribution in [0, 0.1) is 5.41 Å². The highest BCUT2D eigenvalue weighted by Gasteiger charge is 2.50. The fraction of sp³-hybridized carbons (Fsp3) is 1.00. The molecule has 3 nitrogen and oxygen atoms in total. The Labute approximate surface area is 111 Å². The predicted molar refractivity (Wildman–Crippen MR) is 73.4 cm³/mol. The summed E-state index contributed by atoms with van der Waals surface area (Å²) in [6.45, 7) is 0.640. The SMILES string of the molecule is COC1CCC(O)(C2(CN)CCCCCC2)CC1. The van der Waals surface area contributed by atoms with Gasteiger partial charge in [-0.25, -0.2) is 0 Å². The molecular weight excluding hydrogens is 226 g/mol. The largest absolute Gasteiger partial charge is 0.389 e. The number of nitrogens with two attached hydrogens (primary N) is 1. The summed E-state index contributed by atoms with van der Waals surface area (Å²) in [5.74, 6) is 0. The van der Waals surface area contributed by atoms with E-state index in [1.54, 1.807) is 7.11 Å². The molecule has 3 N–H and O–H groups in total. The Kier molecular flexibility index (Phi) is 4.68. The van der Waals surface area contributed by atoms with Crippen molar-refractivity contribution in [3.63, 3.8) is 0 Å². The molecule has 0 amide bonds. The second-order valence-electron chi connectivity index (χ2n) is 6.37. The molecule has 0 atom stereocenters. The van der Waals surface area contributed by atoms with Gasteiger partial charge in [0, 0.05) is 19.1 Å². The third-order valence-corrected chi connectivity index (χ3v) is 5.53. The van der Waals surface area contributed by atoms with Crippen molar-refractivity contribution in [3.05, 3.63) is 0 Å². The molecule has 0 saturated heterocycles. The van der Waals surface area contributed by atoms with E-state index in [1.807, 2.05) is 0 Å². The first-order valence-corrected chi connectivity index (χ1v) is 7.61. The number of methoxy groups -OCH3 is 1. The maximum absolute atomic E-state index is 11.1. The highest BCUT2D eigenvalue weighted by Crippen LogP contribution is 2.49. The van der Waals surface area contributed by atoms with Crippen LogP contribution in [0.1, 0.15) is 64.2 Å². The number of aliphatic hydroxyl groups is 1. The molecule has 0 heterocycles. The third-order valence-electron chi connectivity index (χ3n) is 5.53. The van der Waals surface area contributed by atoms with E-state index in [4.69, 9.17) is 10.5 Å². The fourth-order valence-corrected chi connectivity index (χ4v) is 4.10. The summed E-state index contributed by atoms with van der Waals surface area (Å²) in [4.78, 5) is 0. The van der Waals surface area contributed by atoms with Gasteiger partial charge in [-0.1, -0.05) is 25.7 Å². The second kappa shape index (κ2) is 5.89. The van der Waals surface area contributed by atoms with Crippen LogP contribution in [0.3, 0.4) is 0 Å².